The number of carbonyl (C=O) groups is 3. The Bertz CT molecular complexity index is 359. The Morgan fingerprint density at radius 1 is 1.58 bits per heavy atom. The minimum Gasteiger partial charge on any atom is -0.481 e. The van der Waals surface area contributed by atoms with Crippen molar-refractivity contribution in [3.8, 4) is 0 Å². The lowest BCUT2D eigenvalue weighted by Gasteiger charge is -2.34. The van der Waals surface area contributed by atoms with E-state index in [4.69, 9.17) is 5.11 Å². The van der Waals surface area contributed by atoms with E-state index in [1.165, 1.54) is 4.90 Å². The topological polar surface area (TPSA) is 98.7 Å². The number of aliphatic carboxylic acids is 1. The zero-order valence-electron chi connectivity index (χ0n) is 11.3. The van der Waals surface area contributed by atoms with Gasteiger partial charge in [-0.1, -0.05) is 13.8 Å². The standard InChI is InChI=1S/C12H21N3O4/c1-3-9-11(18)13-4-5-15(9)12(19)14-7-8(2)6-10(16)17/h8-9H,3-7H2,1-2H3,(H,13,18)(H,14,19)(H,16,17). The number of rotatable bonds is 5. The fourth-order valence-corrected chi connectivity index (χ4v) is 2.10. The van der Waals surface area contributed by atoms with Gasteiger partial charge in [0.2, 0.25) is 5.91 Å². The largest absolute Gasteiger partial charge is 0.481 e. The van der Waals surface area contributed by atoms with Gasteiger partial charge in [0.1, 0.15) is 6.04 Å². The van der Waals surface area contributed by atoms with Crippen molar-refractivity contribution in [1.82, 2.24) is 15.5 Å². The van der Waals surface area contributed by atoms with E-state index in [-0.39, 0.29) is 24.3 Å². The van der Waals surface area contributed by atoms with Crippen LogP contribution in [-0.4, -0.2) is 53.6 Å². The molecule has 3 amide bonds. The van der Waals surface area contributed by atoms with Gasteiger partial charge in [-0.25, -0.2) is 4.79 Å². The first kappa shape index (κ1) is 15.3. The van der Waals surface area contributed by atoms with E-state index in [1.807, 2.05) is 6.92 Å². The number of urea groups is 1. The summed E-state index contributed by atoms with van der Waals surface area (Å²) in [6.07, 6.45) is 0.571. The Balaban J connectivity index is 2.47. The second-order valence-corrected chi connectivity index (χ2v) is 4.80. The van der Waals surface area contributed by atoms with Gasteiger partial charge in [0.25, 0.3) is 0 Å². The van der Waals surface area contributed by atoms with Crippen LogP contribution in [0.25, 0.3) is 0 Å². The first-order chi connectivity index (χ1) is 8.95. The van der Waals surface area contributed by atoms with Crippen LogP contribution in [0.3, 0.4) is 0 Å². The lowest BCUT2D eigenvalue weighted by atomic mass is 10.1. The van der Waals surface area contributed by atoms with Gasteiger partial charge in [-0.2, -0.15) is 0 Å². The summed E-state index contributed by atoms with van der Waals surface area (Å²) >= 11 is 0. The second kappa shape index (κ2) is 6.96. The molecule has 0 spiro atoms. The molecule has 0 aromatic carbocycles. The van der Waals surface area contributed by atoms with Crippen LogP contribution in [0.2, 0.25) is 0 Å². The lowest BCUT2D eigenvalue weighted by Crippen LogP contribution is -2.59. The minimum atomic E-state index is -0.884. The van der Waals surface area contributed by atoms with Crippen molar-refractivity contribution < 1.29 is 19.5 Å². The van der Waals surface area contributed by atoms with Crippen LogP contribution >= 0.6 is 0 Å². The summed E-state index contributed by atoms with van der Waals surface area (Å²) in [7, 11) is 0. The predicted molar refractivity (Wildman–Crippen MR) is 68.6 cm³/mol. The summed E-state index contributed by atoms with van der Waals surface area (Å²) < 4.78 is 0. The van der Waals surface area contributed by atoms with Crippen LogP contribution in [0.5, 0.6) is 0 Å². The van der Waals surface area contributed by atoms with Crippen molar-refractivity contribution >= 4 is 17.9 Å². The fraction of sp³-hybridized carbons (Fsp3) is 0.750. The van der Waals surface area contributed by atoms with Crippen LogP contribution in [0.15, 0.2) is 0 Å². The van der Waals surface area contributed by atoms with Crippen molar-refractivity contribution in [2.75, 3.05) is 19.6 Å². The van der Waals surface area contributed by atoms with E-state index in [9.17, 15) is 14.4 Å². The number of carboxylic acid groups (broad SMARTS) is 1. The molecule has 1 rings (SSSR count). The third-order valence-corrected chi connectivity index (χ3v) is 3.10. The Labute approximate surface area is 112 Å². The number of nitrogens with zero attached hydrogens (tertiary/aromatic N) is 1. The molecule has 19 heavy (non-hydrogen) atoms. The second-order valence-electron chi connectivity index (χ2n) is 4.80. The van der Waals surface area contributed by atoms with E-state index >= 15 is 0 Å². The first-order valence-corrected chi connectivity index (χ1v) is 6.49. The van der Waals surface area contributed by atoms with E-state index in [0.29, 0.717) is 26.1 Å². The van der Waals surface area contributed by atoms with Crippen molar-refractivity contribution in [3.05, 3.63) is 0 Å². The van der Waals surface area contributed by atoms with Gasteiger partial charge >= 0.3 is 12.0 Å². The Morgan fingerprint density at radius 2 is 2.26 bits per heavy atom. The van der Waals surface area contributed by atoms with Crippen LogP contribution in [0, 0.1) is 5.92 Å². The maximum atomic E-state index is 12.0. The molecule has 0 aromatic heterocycles. The highest BCUT2D eigenvalue weighted by atomic mass is 16.4. The summed E-state index contributed by atoms with van der Waals surface area (Å²) in [6.45, 7) is 4.83. The van der Waals surface area contributed by atoms with E-state index < -0.39 is 12.0 Å². The summed E-state index contributed by atoms with van der Waals surface area (Å²) in [6, 6.07) is -0.748. The average Bonchev–Trinajstić information content (AvgIpc) is 2.34. The smallest absolute Gasteiger partial charge is 0.318 e. The quantitative estimate of drug-likeness (QED) is 0.656. The molecule has 1 aliphatic heterocycles. The van der Waals surface area contributed by atoms with Gasteiger partial charge < -0.3 is 20.6 Å². The molecule has 7 heteroatoms. The molecule has 1 fully saturated rings. The lowest BCUT2D eigenvalue weighted by molar-refractivity contribution is -0.137. The summed E-state index contributed by atoms with van der Waals surface area (Å²) in [4.78, 5) is 35.6. The summed E-state index contributed by atoms with van der Waals surface area (Å²) in [5.41, 5.74) is 0. The summed E-state index contributed by atoms with van der Waals surface area (Å²) in [5.74, 6) is -1.16. The number of carboxylic acids is 1. The molecule has 2 atom stereocenters. The molecule has 7 nitrogen and oxygen atoms in total. The maximum absolute atomic E-state index is 12.0. The van der Waals surface area contributed by atoms with Crippen molar-refractivity contribution in [2.24, 2.45) is 5.92 Å². The number of piperazine rings is 1. The molecule has 1 aliphatic rings. The fourth-order valence-electron chi connectivity index (χ4n) is 2.10. The third kappa shape index (κ3) is 4.42. The van der Waals surface area contributed by atoms with E-state index in [0.717, 1.165) is 0 Å². The average molecular weight is 271 g/mol. The maximum Gasteiger partial charge on any atom is 0.318 e. The third-order valence-electron chi connectivity index (χ3n) is 3.10. The number of nitrogens with one attached hydrogen (secondary N) is 2. The van der Waals surface area contributed by atoms with Crippen LogP contribution in [0.4, 0.5) is 4.79 Å². The molecule has 2 unspecified atom stereocenters. The van der Waals surface area contributed by atoms with E-state index in [2.05, 4.69) is 10.6 Å². The Kier molecular flexibility index (Phi) is 5.59. The zero-order chi connectivity index (χ0) is 14.4. The van der Waals surface area contributed by atoms with E-state index in [1.54, 1.807) is 6.92 Å². The van der Waals surface area contributed by atoms with Crippen LogP contribution < -0.4 is 10.6 Å². The van der Waals surface area contributed by atoms with Gasteiger partial charge in [-0.05, 0) is 12.3 Å². The van der Waals surface area contributed by atoms with Gasteiger partial charge in [0.15, 0.2) is 0 Å². The molecule has 0 aliphatic carbocycles. The van der Waals surface area contributed by atoms with Gasteiger partial charge in [-0.15, -0.1) is 0 Å². The Hall–Kier alpha value is -1.79. The highest BCUT2D eigenvalue weighted by Gasteiger charge is 2.31. The number of hydrogen-bond donors (Lipinski definition) is 3. The molecular formula is C12H21N3O4. The molecule has 0 saturated carbocycles. The zero-order valence-corrected chi connectivity index (χ0v) is 11.3. The molecule has 0 radical (unpaired) electrons. The minimum absolute atomic E-state index is 0.0119. The van der Waals surface area contributed by atoms with Crippen molar-refractivity contribution in [1.29, 1.82) is 0 Å². The van der Waals surface area contributed by atoms with Gasteiger partial charge in [0, 0.05) is 26.1 Å². The number of amides is 3. The monoisotopic (exact) mass is 271 g/mol. The van der Waals surface area contributed by atoms with Crippen LogP contribution in [-0.2, 0) is 9.59 Å². The molecule has 3 N–H and O–H groups in total. The SMILES string of the molecule is CCC1C(=O)NCCN1C(=O)NCC(C)CC(=O)O. The molecule has 1 heterocycles. The molecule has 0 aromatic rings. The predicted octanol–water partition coefficient (Wildman–Crippen LogP) is 0.0172. The summed E-state index contributed by atoms with van der Waals surface area (Å²) in [5, 5.41) is 14.0. The number of hydrogen-bond acceptors (Lipinski definition) is 3. The Morgan fingerprint density at radius 3 is 2.84 bits per heavy atom. The normalized spacial score (nSPS) is 20.6. The highest BCUT2D eigenvalue weighted by Crippen LogP contribution is 2.09. The highest BCUT2D eigenvalue weighted by molar-refractivity contribution is 5.88. The molecule has 0 bridgehead atoms. The molecule has 1 saturated heterocycles. The van der Waals surface area contributed by atoms with Gasteiger partial charge in [-0.3, -0.25) is 9.59 Å². The molecule has 108 valence electrons. The number of carbonyl (C=O) groups excluding carboxylic acids is 2. The van der Waals surface area contributed by atoms with Gasteiger partial charge in [0.05, 0.1) is 0 Å². The first-order valence-electron chi connectivity index (χ1n) is 6.49. The van der Waals surface area contributed by atoms with Crippen LogP contribution in [0.1, 0.15) is 26.7 Å². The van der Waals surface area contributed by atoms with Crippen molar-refractivity contribution in [2.45, 2.75) is 32.7 Å². The molecular weight excluding hydrogens is 250 g/mol. The van der Waals surface area contributed by atoms with Crippen molar-refractivity contribution in [3.63, 3.8) is 0 Å².